The zero-order valence-corrected chi connectivity index (χ0v) is 9.76. The Kier molecular flexibility index (Phi) is 3.66. The van der Waals surface area contributed by atoms with Crippen LogP contribution in [0, 0.1) is 13.8 Å². The molecule has 3 nitrogen and oxygen atoms in total. The molecule has 1 N–H and O–H groups in total. The number of hydrogen-bond donors (Lipinski definition) is 1. The van der Waals surface area contributed by atoms with E-state index in [4.69, 9.17) is 0 Å². The molecule has 0 fully saturated rings. The van der Waals surface area contributed by atoms with Crippen molar-refractivity contribution in [2.24, 2.45) is 0 Å². The van der Waals surface area contributed by atoms with E-state index in [-0.39, 0.29) is 6.54 Å². The van der Waals surface area contributed by atoms with Crippen molar-refractivity contribution in [1.29, 1.82) is 0 Å². The highest BCUT2D eigenvalue weighted by molar-refractivity contribution is 7.89. The lowest BCUT2D eigenvalue weighted by atomic mass is 10.2. The van der Waals surface area contributed by atoms with E-state index in [0.717, 1.165) is 11.1 Å². The molecule has 82 valence electrons. The van der Waals surface area contributed by atoms with Gasteiger partial charge in [0.15, 0.2) is 0 Å². The zero-order chi connectivity index (χ0) is 11.5. The Balaban J connectivity index is 3.10. The molecule has 0 aliphatic carbocycles. The van der Waals surface area contributed by atoms with E-state index in [2.05, 4.69) is 11.3 Å². The molecule has 4 heteroatoms. The third-order valence-corrected chi connectivity index (χ3v) is 3.62. The van der Waals surface area contributed by atoms with Crippen LogP contribution in [-0.4, -0.2) is 15.0 Å². The number of nitrogens with one attached hydrogen (secondary N) is 1. The number of rotatable bonds is 4. The predicted octanol–water partition coefficient (Wildman–Crippen LogP) is 1.77. The second-order valence-corrected chi connectivity index (χ2v) is 5.14. The van der Waals surface area contributed by atoms with Crippen LogP contribution in [0.1, 0.15) is 11.1 Å². The van der Waals surface area contributed by atoms with E-state index < -0.39 is 10.0 Å². The van der Waals surface area contributed by atoms with Gasteiger partial charge in [-0.25, -0.2) is 13.1 Å². The van der Waals surface area contributed by atoms with E-state index in [0.29, 0.717) is 4.90 Å². The van der Waals surface area contributed by atoms with Crippen molar-refractivity contribution in [3.63, 3.8) is 0 Å². The quantitative estimate of drug-likeness (QED) is 0.794. The topological polar surface area (TPSA) is 46.2 Å². The minimum absolute atomic E-state index is 0.246. The van der Waals surface area contributed by atoms with Gasteiger partial charge in [0.1, 0.15) is 0 Å². The number of benzene rings is 1. The molecule has 0 aromatic heterocycles. The first kappa shape index (κ1) is 11.9. The third-order valence-electron chi connectivity index (χ3n) is 2.04. The average molecular weight is 225 g/mol. The SMILES string of the molecule is C=CCNS(=O)(=O)c1ccc(C)cc1C. The Morgan fingerprint density at radius 2 is 2.07 bits per heavy atom. The molecule has 0 aliphatic heterocycles. The van der Waals surface area contributed by atoms with Gasteiger partial charge in [-0.2, -0.15) is 0 Å². The fourth-order valence-corrected chi connectivity index (χ4v) is 2.57. The maximum atomic E-state index is 11.8. The second kappa shape index (κ2) is 4.59. The molecule has 0 saturated heterocycles. The summed E-state index contributed by atoms with van der Waals surface area (Å²) in [6.07, 6.45) is 1.51. The van der Waals surface area contributed by atoms with E-state index in [1.807, 2.05) is 13.0 Å². The molecule has 1 aromatic rings. The van der Waals surface area contributed by atoms with E-state index in [1.165, 1.54) is 6.08 Å². The van der Waals surface area contributed by atoms with E-state index >= 15 is 0 Å². The Bertz CT molecular complexity index is 463. The number of hydrogen-bond acceptors (Lipinski definition) is 2. The smallest absolute Gasteiger partial charge is 0.207 e. The van der Waals surface area contributed by atoms with Crippen molar-refractivity contribution >= 4 is 10.0 Å². The molecule has 0 aliphatic rings. The molecule has 0 heterocycles. The second-order valence-electron chi connectivity index (χ2n) is 3.41. The minimum atomic E-state index is -3.39. The summed E-state index contributed by atoms with van der Waals surface area (Å²) in [4.78, 5) is 0.329. The van der Waals surface area contributed by atoms with Crippen molar-refractivity contribution in [3.05, 3.63) is 42.0 Å². The van der Waals surface area contributed by atoms with Crippen molar-refractivity contribution in [2.45, 2.75) is 18.7 Å². The molecule has 0 unspecified atom stereocenters. The Morgan fingerprint density at radius 3 is 2.60 bits per heavy atom. The molecular weight excluding hydrogens is 210 g/mol. The van der Waals surface area contributed by atoms with E-state index in [9.17, 15) is 8.42 Å². The highest BCUT2D eigenvalue weighted by Gasteiger charge is 2.14. The lowest BCUT2D eigenvalue weighted by Crippen LogP contribution is -2.24. The fourth-order valence-electron chi connectivity index (χ4n) is 1.35. The first-order valence-corrected chi connectivity index (χ1v) is 6.13. The van der Waals surface area contributed by atoms with Crippen LogP contribution < -0.4 is 4.72 Å². The minimum Gasteiger partial charge on any atom is -0.207 e. The summed E-state index contributed by atoms with van der Waals surface area (Å²) < 4.78 is 26.0. The Hall–Kier alpha value is -1.13. The average Bonchev–Trinajstić information content (AvgIpc) is 2.14. The summed E-state index contributed by atoms with van der Waals surface area (Å²) in [7, 11) is -3.39. The Morgan fingerprint density at radius 1 is 1.40 bits per heavy atom. The van der Waals surface area contributed by atoms with E-state index in [1.54, 1.807) is 19.1 Å². The van der Waals surface area contributed by atoms with Gasteiger partial charge in [0.05, 0.1) is 4.90 Å². The normalized spacial score (nSPS) is 11.3. The van der Waals surface area contributed by atoms with Gasteiger partial charge >= 0.3 is 0 Å². The summed E-state index contributed by atoms with van der Waals surface area (Å²) in [6, 6.07) is 5.26. The molecular formula is C11H15NO2S. The van der Waals surface area contributed by atoms with Gasteiger partial charge in [0.25, 0.3) is 0 Å². The molecule has 0 spiro atoms. The van der Waals surface area contributed by atoms with Crippen LogP contribution >= 0.6 is 0 Å². The molecule has 0 saturated carbocycles. The highest BCUT2D eigenvalue weighted by Crippen LogP contribution is 2.15. The van der Waals surface area contributed by atoms with Gasteiger partial charge in [-0.3, -0.25) is 0 Å². The number of sulfonamides is 1. The summed E-state index contributed by atoms with van der Waals surface area (Å²) >= 11 is 0. The zero-order valence-electron chi connectivity index (χ0n) is 8.95. The lowest BCUT2D eigenvalue weighted by Gasteiger charge is -2.08. The van der Waals surface area contributed by atoms with Gasteiger partial charge < -0.3 is 0 Å². The molecule has 1 rings (SSSR count). The van der Waals surface area contributed by atoms with Gasteiger partial charge in [0, 0.05) is 6.54 Å². The molecule has 0 atom stereocenters. The molecule has 0 amide bonds. The van der Waals surface area contributed by atoms with Crippen molar-refractivity contribution in [3.8, 4) is 0 Å². The van der Waals surface area contributed by atoms with Gasteiger partial charge in [-0.15, -0.1) is 6.58 Å². The maximum absolute atomic E-state index is 11.8. The summed E-state index contributed by atoms with van der Waals surface area (Å²) in [5.41, 5.74) is 1.81. The largest absolute Gasteiger partial charge is 0.241 e. The molecule has 1 aromatic carbocycles. The van der Waals surface area contributed by atoms with Crippen LogP contribution in [-0.2, 0) is 10.0 Å². The van der Waals surface area contributed by atoms with Gasteiger partial charge in [0.2, 0.25) is 10.0 Å². The summed E-state index contributed by atoms with van der Waals surface area (Å²) in [5, 5.41) is 0. The lowest BCUT2D eigenvalue weighted by molar-refractivity contribution is 0.585. The first-order valence-electron chi connectivity index (χ1n) is 4.65. The van der Waals surface area contributed by atoms with Crippen LogP contribution in [0.25, 0.3) is 0 Å². The van der Waals surface area contributed by atoms with Crippen molar-refractivity contribution in [2.75, 3.05) is 6.54 Å². The van der Waals surface area contributed by atoms with Crippen LogP contribution in [0.15, 0.2) is 35.7 Å². The highest BCUT2D eigenvalue weighted by atomic mass is 32.2. The molecule has 0 bridgehead atoms. The van der Waals surface area contributed by atoms with Crippen LogP contribution in [0.2, 0.25) is 0 Å². The van der Waals surface area contributed by atoms with Gasteiger partial charge in [-0.05, 0) is 25.5 Å². The summed E-state index contributed by atoms with van der Waals surface area (Å²) in [5.74, 6) is 0. The van der Waals surface area contributed by atoms with Crippen molar-refractivity contribution < 1.29 is 8.42 Å². The Labute approximate surface area is 90.9 Å². The predicted molar refractivity (Wildman–Crippen MR) is 61.3 cm³/mol. The van der Waals surface area contributed by atoms with Gasteiger partial charge in [-0.1, -0.05) is 23.8 Å². The van der Waals surface area contributed by atoms with Crippen LogP contribution in [0.4, 0.5) is 0 Å². The monoisotopic (exact) mass is 225 g/mol. The standard InChI is InChI=1S/C11H15NO2S/c1-4-7-12-15(13,14)11-6-5-9(2)8-10(11)3/h4-6,8,12H,1,7H2,2-3H3. The fraction of sp³-hybridized carbons (Fsp3) is 0.273. The van der Waals surface area contributed by atoms with Crippen molar-refractivity contribution in [1.82, 2.24) is 4.72 Å². The first-order chi connectivity index (χ1) is 6.97. The van der Waals surface area contributed by atoms with Crippen LogP contribution in [0.5, 0.6) is 0 Å². The molecule has 0 radical (unpaired) electrons. The molecule has 15 heavy (non-hydrogen) atoms. The van der Waals surface area contributed by atoms with Crippen LogP contribution in [0.3, 0.4) is 0 Å². The third kappa shape index (κ3) is 2.91. The number of aryl methyl sites for hydroxylation is 2. The maximum Gasteiger partial charge on any atom is 0.241 e. The summed E-state index contributed by atoms with van der Waals surface area (Å²) in [6.45, 7) is 7.43.